The van der Waals surface area contributed by atoms with Crippen LogP contribution in [0, 0.1) is 6.92 Å². The number of benzene rings is 2. The van der Waals surface area contributed by atoms with Crippen molar-refractivity contribution in [2.24, 2.45) is 4.99 Å². The average molecular weight is 322 g/mol. The van der Waals surface area contributed by atoms with Gasteiger partial charge in [0.2, 0.25) is 0 Å². The van der Waals surface area contributed by atoms with Gasteiger partial charge in [-0.15, -0.1) is 0 Å². The third kappa shape index (κ3) is 2.65. The number of pyridine rings is 1. The van der Waals surface area contributed by atoms with E-state index >= 15 is 0 Å². The van der Waals surface area contributed by atoms with Gasteiger partial charge in [0.25, 0.3) is 5.56 Å². The number of phenolic OH excluding ortho intramolecular Hbond substituents is 1. The lowest BCUT2D eigenvalue weighted by Crippen LogP contribution is -2.23. The van der Waals surface area contributed by atoms with Crippen molar-refractivity contribution in [3.05, 3.63) is 63.9 Å². The summed E-state index contributed by atoms with van der Waals surface area (Å²) in [4.78, 5) is 16.9. The highest BCUT2D eigenvalue weighted by Crippen LogP contribution is 2.26. The minimum absolute atomic E-state index is 0.0699. The lowest BCUT2D eigenvalue weighted by Gasteiger charge is -2.11. The Balaban J connectivity index is 2.17. The second-order valence-electron chi connectivity index (χ2n) is 5.56. The number of aromatic hydroxyl groups is 2. The lowest BCUT2D eigenvalue weighted by atomic mass is 10.1. The number of para-hydroxylation sites is 1. The van der Waals surface area contributed by atoms with Crippen LogP contribution < -0.4 is 5.56 Å². The molecule has 0 amide bonds. The molecule has 0 aliphatic rings. The van der Waals surface area contributed by atoms with Crippen molar-refractivity contribution in [2.75, 3.05) is 0 Å². The van der Waals surface area contributed by atoms with Crippen LogP contribution in [0.25, 0.3) is 10.9 Å². The Kier molecular flexibility index (Phi) is 4.08. The minimum Gasteiger partial charge on any atom is -0.508 e. The van der Waals surface area contributed by atoms with E-state index in [1.165, 1.54) is 6.21 Å². The molecule has 0 saturated heterocycles. The first-order valence-electron chi connectivity index (χ1n) is 7.71. The molecule has 5 nitrogen and oxygen atoms in total. The molecule has 0 aliphatic heterocycles. The van der Waals surface area contributed by atoms with Gasteiger partial charge in [0, 0.05) is 18.1 Å². The molecule has 2 N–H and O–H groups in total. The van der Waals surface area contributed by atoms with E-state index in [9.17, 15) is 15.0 Å². The Morgan fingerprint density at radius 1 is 1.17 bits per heavy atom. The highest BCUT2D eigenvalue weighted by molar-refractivity contribution is 5.95. The van der Waals surface area contributed by atoms with Gasteiger partial charge in [-0.3, -0.25) is 9.79 Å². The highest BCUT2D eigenvalue weighted by atomic mass is 16.3. The molecule has 0 aliphatic carbocycles. The van der Waals surface area contributed by atoms with Crippen LogP contribution >= 0.6 is 0 Å². The minimum atomic E-state index is -0.284. The van der Waals surface area contributed by atoms with Crippen molar-refractivity contribution in [3.8, 4) is 11.5 Å². The van der Waals surface area contributed by atoms with Gasteiger partial charge in [-0.25, -0.2) is 0 Å². The summed E-state index contributed by atoms with van der Waals surface area (Å²) in [5.74, 6) is 0.121. The summed E-state index contributed by atoms with van der Waals surface area (Å²) in [5.41, 5.74) is 1.85. The van der Waals surface area contributed by atoms with Crippen molar-refractivity contribution in [3.63, 3.8) is 0 Å². The quantitative estimate of drug-likeness (QED) is 0.725. The third-order valence-electron chi connectivity index (χ3n) is 4.02. The highest BCUT2D eigenvalue weighted by Gasteiger charge is 2.13. The number of hydrogen-bond donors (Lipinski definition) is 2. The SMILES string of the molecule is CCn1c(=O)c(C=Nc2ccc(O)c(C)c2)c(O)c2ccccc21. The van der Waals surface area contributed by atoms with E-state index < -0.39 is 0 Å². The van der Waals surface area contributed by atoms with Gasteiger partial charge in [-0.05, 0) is 49.7 Å². The summed E-state index contributed by atoms with van der Waals surface area (Å²) in [5, 5.41) is 20.7. The molecule has 3 rings (SSSR count). The summed E-state index contributed by atoms with van der Waals surface area (Å²) in [7, 11) is 0. The molecule has 0 saturated carbocycles. The Labute approximate surface area is 139 Å². The van der Waals surface area contributed by atoms with Gasteiger partial charge in [-0.2, -0.15) is 0 Å². The maximum Gasteiger partial charge on any atom is 0.263 e. The molecule has 0 radical (unpaired) electrons. The molecule has 3 aromatic rings. The zero-order valence-electron chi connectivity index (χ0n) is 13.5. The van der Waals surface area contributed by atoms with E-state index in [2.05, 4.69) is 4.99 Å². The number of rotatable bonds is 3. The number of hydrogen-bond acceptors (Lipinski definition) is 4. The van der Waals surface area contributed by atoms with Crippen molar-refractivity contribution in [1.82, 2.24) is 4.57 Å². The molecular formula is C19H18N2O3. The van der Waals surface area contributed by atoms with E-state index in [0.717, 1.165) is 0 Å². The molecule has 1 aromatic heterocycles. The number of aromatic nitrogens is 1. The molecule has 0 unspecified atom stereocenters. The number of aliphatic imine (C=N–C) groups is 1. The molecule has 5 heteroatoms. The molecular weight excluding hydrogens is 304 g/mol. The number of fused-ring (bicyclic) bond motifs is 1. The van der Waals surface area contributed by atoms with Crippen LogP contribution in [0.3, 0.4) is 0 Å². The maximum atomic E-state index is 12.6. The van der Waals surface area contributed by atoms with Crippen LogP contribution in [0.4, 0.5) is 5.69 Å². The van der Waals surface area contributed by atoms with Gasteiger partial charge in [0.15, 0.2) is 0 Å². The van der Waals surface area contributed by atoms with Crippen LogP contribution in [0.15, 0.2) is 52.3 Å². The van der Waals surface area contributed by atoms with Gasteiger partial charge in [0.1, 0.15) is 17.1 Å². The largest absolute Gasteiger partial charge is 0.508 e. The molecule has 2 aromatic carbocycles. The van der Waals surface area contributed by atoms with Crippen molar-refractivity contribution in [2.45, 2.75) is 20.4 Å². The molecule has 1 heterocycles. The lowest BCUT2D eigenvalue weighted by molar-refractivity contribution is 0.471. The van der Waals surface area contributed by atoms with E-state index in [4.69, 9.17) is 0 Å². The first-order valence-corrected chi connectivity index (χ1v) is 7.71. The fraction of sp³-hybridized carbons (Fsp3) is 0.158. The molecule has 122 valence electrons. The smallest absolute Gasteiger partial charge is 0.263 e. The molecule has 0 fully saturated rings. The van der Waals surface area contributed by atoms with Crippen LogP contribution in [0.5, 0.6) is 11.5 Å². The summed E-state index contributed by atoms with van der Waals surface area (Å²) < 4.78 is 1.61. The van der Waals surface area contributed by atoms with E-state index in [-0.39, 0.29) is 22.6 Å². The summed E-state index contributed by atoms with van der Waals surface area (Å²) in [6, 6.07) is 12.1. The maximum absolute atomic E-state index is 12.6. The zero-order valence-corrected chi connectivity index (χ0v) is 13.5. The van der Waals surface area contributed by atoms with Crippen molar-refractivity contribution in [1.29, 1.82) is 0 Å². The van der Waals surface area contributed by atoms with E-state index in [1.54, 1.807) is 35.8 Å². The normalized spacial score (nSPS) is 11.4. The van der Waals surface area contributed by atoms with Gasteiger partial charge in [0.05, 0.1) is 11.2 Å². The molecule has 0 atom stereocenters. The summed E-state index contributed by atoms with van der Waals surface area (Å²) >= 11 is 0. The Bertz CT molecular complexity index is 1000. The van der Waals surface area contributed by atoms with E-state index in [0.29, 0.717) is 28.7 Å². The van der Waals surface area contributed by atoms with Crippen molar-refractivity contribution >= 4 is 22.8 Å². The van der Waals surface area contributed by atoms with Gasteiger partial charge < -0.3 is 14.8 Å². The molecule has 0 bridgehead atoms. The van der Waals surface area contributed by atoms with Gasteiger partial charge >= 0.3 is 0 Å². The predicted octanol–water partition coefficient (Wildman–Crippen LogP) is 3.49. The molecule has 0 spiro atoms. The first kappa shape index (κ1) is 15.8. The number of aryl methyl sites for hydroxylation is 2. The predicted molar refractivity (Wildman–Crippen MR) is 95.6 cm³/mol. The van der Waals surface area contributed by atoms with Gasteiger partial charge in [-0.1, -0.05) is 12.1 Å². The van der Waals surface area contributed by atoms with Crippen LogP contribution in [0.2, 0.25) is 0 Å². The first-order chi connectivity index (χ1) is 11.5. The monoisotopic (exact) mass is 322 g/mol. The zero-order chi connectivity index (χ0) is 17.3. The fourth-order valence-corrected chi connectivity index (χ4v) is 2.70. The van der Waals surface area contributed by atoms with Crippen LogP contribution in [-0.2, 0) is 6.54 Å². The van der Waals surface area contributed by atoms with Crippen molar-refractivity contribution < 1.29 is 10.2 Å². The number of phenols is 1. The Morgan fingerprint density at radius 2 is 1.92 bits per heavy atom. The summed E-state index contributed by atoms with van der Waals surface area (Å²) in [6.45, 7) is 4.15. The second-order valence-corrected chi connectivity index (χ2v) is 5.56. The summed E-state index contributed by atoms with van der Waals surface area (Å²) in [6.07, 6.45) is 1.38. The topological polar surface area (TPSA) is 74.8 Å². The van der Waals surface area contributed by atoms with Crippen LogP contribution in [-0.4, -0.2) is 21.0 Å². The third-order valence-corrected chi connectivity index (χ3v) is 4.02. The fourth-order valence-electron chi connectivity index (χ4n) is 2.70. The Morgan fingerprint density at radius 3 is 2.62 bits per heavy atom. The number of nitrogens with zero attached hydrogens (tertiary/aromatic N) is 2. The van der Waals surface area contributed by atoms with Crippen LogP contribution in [0.1, 0.15) is 18.1 Å². The molecule has 24 heavy (non-hydrogen) atoms. The van der Waals surface area contributed by atoms with E-state index in [1.807, 2.05) is 25.1 Å². The second kappa shape index (κ2) is 6.20. The Hall–Kier alpha value is -3.08. The standard InChI is InChI=1S/C19H18N2O3/c1-3-21-16-7-5-4-6-14(16)18(23)15(19(21)24)11-20-13-8-9-17(22)12(2)10-13/h4-11,22-23H,3H2,1-2H3. The average Bonchev–Trinajstić information content (AvgIpc) is 2.58.